The van der Waals surface area contributed by atoms with Crippen LogP contribution < -0.4 is 0 Å². The molecule has 3 heteroatoms. The Morgan fingerprint density at radius 1 is 0.733 bits per heavy atom. The Morgan fingerprint density at radius 3 is 1.47 bits per heavy atom. The van der Waals surface area contributed by atoms with Gasteiger partial charge in [0.2, 0.25) is 0 Å². The highest BCUT2D eigenvalue weighted by Gasteiger charge is 1.59. The van der Waals surface area contributed by atoms with Gasteiger partial charge < -0.3 is 0 Å². The molecule has 0 aliphatic rings. The van der Waals surface area contributed by atoms with Gasteiger partial charge in [0.05, 0.1) is 5.51 Å². The van der Waals surface area contributed by atoms with E-state index in [-0.39, 0.29) is 0 Å². The predicted octanol–water partition coefficient (Wildman–Crippen LogP) is 4.28. The van der Waals surface area contributed by atoms with Gasteiger partial charge in [-0.3, -0.25) is 9.97 Å². The van der Waals surface area contributed by atoms with E-state index in [0.29, 0.717) is 0 Å². The van der Waals surface area contributed by atoms with Crippen LogP contribution in [0.2, 0.25) is 0 Å². The summed E-state index contributed by atoms with van der Waals surface area (Å²) in [6.07, 6.45) is 5.27. The van der Waals surface area contributed by atoms with Gasteiger partial charge in [0.25, 0.3) is 0 Å². The van der Waals surface area contributed by atoms with Crippen molar-refractivity contribution in [2.45, 2.75) is 27.7 Å². The molecule has 0 spiro atoms. The lowest BCUT2D eigenvalue weighted by Crippen LogP contribution is -1.58. The third kappa shape index (κ3) is 15.5. The van der Waals surface area contributed by atoms with Crippen LogP contribution in [-0.4, -0.2) is 9.97 Å². The van der Waals surface area contributed by atoms with E-state index in [1.165, 1.54) is 0 Å². The monoisotopic (exact) mass is 224 g/mol. The zero-order chi connectivity index (χ0) is 11.8. The summed E-state index contributed by atoms with van der Waals surface area (Å²) in [5, 5.41) is 1.93. The number of thiazole rings is 1. The average molecular weight is 224 g/mol. The lowest BCUT2D eigenvalue weighted by atomic mass is 10.5. The van der Waals surface area contributed by atoms with Crippen LogP contribution in [0.5, 0.6) is 0 Å². The molecule has 0 N–H and O–H groups in total. The van der Waals surface area contributed by atoms with Crippen molar-refractivity contribution in [3.8, 4) is 0 Å². The molecule has 0 saturated heterocycles. The molecule has 2 heterocycles. The number of nitrogens with zero attached hydrogens (tertiary/aromatic N) is 2. The standard InChI is InChI=1S/C5H5N.C3H3NS.2C2H6/c1-2-4-6-5-3-1;1-2-5-3-4-1;2*1-2/h1-5H;1-3H;2*1-2H3. The van der Waals surface area contributed by atoms with Crippen molar-refractivity contribution in [3.05, 3.63) is 47.7 Å². The molecule has 0 aliphatic heterocycles. The Balaban J connectivity index is 0. The van der Waals surface area contributed by atoms with Gasteiger partial charge in [0.1, 0.15) is 0 Å². The smallest absolute Gasteiger partial charge is 0.0791 e. The van der Waals surface area contributed by atoms with E-state index in [2.05, 4.69) is 9.97 Å². The van der Waals surface area contributed by atoms with E-state index in [0.717, 1.165) is 0 Å². The Bertz CT molecular complexity index is 199. The van der Waals surface area contributed by atoms with Crippen molar-refractivity contribution in [1.29, 1.82) is 0 Å². The Hall–Kier alpha value is -1.22. The lowest BCUT2D eigenvalue weighted by molar-refractivity contribution is 1.33. The number of pyridine rings is 1. The minimum atomic E-state index is 1.60. The molecule has 2 aromatic rings. The van der Waals surface area contributed by atoms with Crippen LogP contribution in [0, 0.1) is 0 Å². The fourth-order valence-corrected chi connectivity index (χ4v) is 0.840. The van der Waals surface area contributed by atoms with E-state index < -0.39 is 0 Å². The Kier molecular flexibility index (Phi) is 20.0. The van der Waals surface area contributed by atoms with Crippen LogP contribution in [0.3, 0.4) is 0 Å². The molecule has 0 unspecified atom stereocenters. The molecule has 2 rings (SSSR count). The maximum atomic E-state index is 3.78. The van der Waals surface area contributed by atoms with E-state index in [9.17, 15) is 0 Å². The highest BCUT2D eigenvalue weighted by molar-refractivity contribution is 7.07. The van der Waals surface area contributed by atoms with E-state index in [4.69, 9.17) is 0 Å². The van der Waals surface area contributed by atoms with Crippen LogP contribution >= 0.6 is 11.3 Å². The topological polar surface area (TPSA) is 25.8 Å². The van der Waals surface area contributed by atoms with Gasteiger partial charge in [-0.05, 0) is 12.1 Å². The first-order valence-electron chi connectivity index (χ1n) is 5.17. The first-order valence-corrected chi connectivity index (χ1v) is 6.11. The number of hydrogen-bond donors (Lipinski definition) is 0. The van der Waals surface area contributed by atoms with Gasteiger partial charge in [-0.15, -0.1) is 11.3 Å². The van der Waals surface area contributed by atoms with Crippen LogP contribution in [0.1, 0.15) is 27.7 Å². The number of rotatable bonds is 0. The average Bonchev–Trinajstić information content (AvgIpc) is 2.95. The van der Waals surface area contributed by atoms with Crippen molar-refractivity contribution >= 4 is 11.3 Å². The molecule has 0 aromatic carbocycles. The van der Waals surface area contributed by atoms with Gasteiger partial charge in [-0.25, -0.2) is 0 Å². The number of hydrogen-bond acceptors (Lipinski definition) is 3. The summed E-state index contributed by atoms with van der Waals surface area (Å²) in [4.78, 5) is 7.53. The van der Waals surface area contributed by atoms with Gasteiger partial charge >= 0.3 is 0 Å². The molecule has 84 valence electrons. The molecular weight excluding hydrogens is 204 g/mol. The fraction of sp³-hybridized carbons (Fsp3) is 0.333. The third-order valence-corrected chi connectivity index (χ3v) is 1.44. The summed E-state index contributed by atoms with van der Waals surface area (Å²) < 4.78 is 0. The first-order chi connectivity index (χ1) is 7.50. The summed E-state index contributed by atoms with van der Waals surface area (Å²) >= 11 is 1.60. The summed E-state index contributed by atoms with van der Waals surface area (Å²) in [5.41, 5.74) is 1.79. The molecule has 2 nitrogen and oxygen atoms in total. The molecule has 0 atom stereocenters. The van der Waals surface area contributed by atoms with Crippen LogP contribution in [0.15, 0.2) is 47.7 Å². The summed E-state index contributed by atoms with van der Waals surface area (Å²) in [6, 6.07) is 5.72. The van der Waals surface area contributed by atoms with Crippen molar-refractivity contribution in [2.75, 3.05) is 0 Å². The molecule has 0 saturated carbocycles. The summed E-state index contributed by atoms with van der Waals surface area (Å²) in [7, 11) is 0. The first kappa shape index (κ1) is 16.2. The van der Waals surface area contributed by atoms with Crippen molar-refractivity contribution in [1.82, 2.24) is 9.97 Å². The molecule has 0 radical (unpaired) electrons. The second-order valence-electron chi connectivity index (χ2n) is 1.70. The van der Waals surface area contributed by atoms with Crippen molar-refractivity contribution in [3.63, 3.8) is 0 Å². The van der Waals surface area contributed by atoms with Crippen molar-refractivity contribution in [2.24, 2.45) is 0 Å². The molecule has 15 heavy (non-hydrogen) atoms. The molecule has 2 aromatic heterocycles. The highest BCUT2D eigenvalue weighted by Crippen LogP contribution is 1.85. The number of aromatic nitrogens is 2. The third-order valence-electron chi connectivity index (χ3n) is 0.914. The van der Waals surface area contributed by atoms with E-state index in [1.807, 2.05) is 51.3 Å². The SMILES string of the molecule is CC.CC.c1ccncc1.c1cscn1. The Morgan fingerprint density at radius 2 is 1.33 bits per heavy atom. The fourth-order valence-electron chi connectivity index (χ4n) is 0.488. The van der Waals surface area contributed by atoms with E-state index >= 15 is 0 Å². The zero-order valence-corrected chi connectivity index (χ0v) is 10.7. The van der Waals surface area contributed by atoms with Gasteiger partial charge in [0.15, 0.2) is 0 Å². The lowest BCUT2D eigenvalue weighted by Gasteiger charge is -1.70. The largest absolute Gasteiger partial charge is 0.265 e. The summed E-state index contributed by atoms with van der Waals surface area (Å²) in [6.45, 7) is 8.00. The maximum Gasteiger partial charge on any atom is 0.0791 e. The van der Waals surface area contributed by atoms with Gasteiger partial charge in [0, 0.05) is 24.0 Å². The predicted molar refractivity (Wildman–Crippen MR) is 69.0 cm³/mol. The normalized spacial score (nSPS) is 6.67. The molecular formula is C12H20N2S. The second-order valence-corrected chi connectivity index (χ2v) is 2.46. The Labute approximate surface area is 97.0 Å². The van der Waals surface area contributed by atoms with Gasteiger partial charge in [-0.1, -0.05) is 33.8 Å². The van der Waals surface area contributed by atoms with Crippen molar-refractivity contribution < 1.29 is 0 Å². The van der Waals surface area contributed by atoms with Gasteiger partial charge in [-0.2, -0.15) is 0 Å². The van der Waals surface area contributed by atoms with Crippen LogP contribution in [0.4, 0.5) is 0 Å². The zero-order valence-electron chi connectivity index (χ0n) is 9.92. The maximum absolute atomic E-state index is 3.78. The minimum Gasteiger partial charge on any atom is -0.265 e. The van der Waals surface area contributed by atoms with Crippen LogP contribution in [-0.2, 0) is 0 Å². The van der Waals surface area contributed by atoms with Crippen LogP contribution in [0.25, 0.3) is 0 Å². The molecule has 0 amide bonds. The highest BCUT2D eigenvalue weighted by atomic mass is 32.1. The molecule has 0 bridgehead atoms. The molecule has 0 aliphatic carbocycles. The quantitative estimate of drug-likeness (QED) is 0.667. The minimum absolute atomic E-state index is 1.60. The second kappa shape index (κ2) is 18.5. The van der Waals surface area contributed by atoms with E-state index in [1.54, 1.807) is 35.4 Å². The summed E-state index contributed by atoms with van der Waals surface area (Å²) in [5.74, 6) is 0. The molecule has 0 fully saturated rings.